The van der Waals surface area contributed by atoms with E-state index < -0.39 is 6.04 Å². The Balaban J connectivity index is 2.13. The Morgan fingerprint density at radius 2 is 1.59 bits per heavy atom. The largest absolute Gasteiger partial charge is 0.497 e. The maximum Gasteiger partial charge on any atom is 0.261 e. The standard InChI is InChI=1S/C22H27BrN2O4/c1-15(2)24-22(27)16(3)25(13-17-5-9-19(28-4)10-6-17)21(26)14-29-20-11-7-18(23)8-12-20/h5-12,15-16H,13-14H2,1-4H3,(H,24,27)/t16-/m0/s1. The molecule has 0 spiro atoms. The highest BCUT2D eigenvalue weighted by Gasteiger charge is 2.26. The molecule has 0 unspecified atom stereocenters. The van der Waals surface area contributed by atoms with Crippen molar-refractivity contribution in [3.63, 3.8) is 0 Å². The summed E-state index contributed by atoms with van der Waals surface area (Å²) in [5.41, 5.74) is 0.895. The van der Waals surface area contributed by atoms with Crippen LogP contribution in [0.2, 0.25) is 0 Å². The van der Waals surface area contributed by atoms with Gasteiger partial charge in [-0.2, -0.15) is 0 Å². The molecular formula is C22H27BrN2O4. The Kier molecular flexibility index (Phi) is 8.51. The topological polar surface area (TPSA) is 67.9 Å². The summed E-state index contributed by atoms with van der Waals surface area (Å²) < 4.78 is 11.7. The summed E-state index contributed by atoms with van der Waals surface area (Å²) in [5.74, 6) is 0.849. The molecule has 7 heteroatoms. The minimum absolute atomic E-state index is 0.0121. The Labute approximate surface area is 180 Å². The summed E-state index contributed by atoms with van der Waals surface area (Å²) >= 11 is 3.37. The van der Waals surface area contributed by atoms with E-state index in [9.17, 15) is 9.59 Å². The van der Waals surface area contributed by atoms with Gasteiger partial charge in [0.15, 0.2) is 6.61 Å². The Bertz CT molecular complexity index is 807. The quantitative estimate of drug-likeness (QED) is 0.615. The maximum absolute atomic E-state index is 12.9. The molecule has 1 N–H and O–H groups in total. The lowest BCUT2D eigenvalue weighted by atomic mass is 10.1. The van der Waals surface area contributed by atoms with Gasteiger partial charge in [0.1, 0.15) is 17.5 Å². The van der Waals surface area contributed by atoms with E-state index in [2.05, 4.69) is 21.2 Å². The van der Waals surface area contributed by atoms with Crippen molar-refractivity contribution < 1.29 is 19.1 Å². The zero-order chi connectivity index (χ0) is 21.4. The predicted octanol–water partition coefficient (Wildman–Crippen LogP) is 3.78. The van der Waals surface area contributed by atoms with Crippen molar-refractivity contribution >= 4 is 27.7 Å². The smallest absolute Gasteiger partial charge is 0.261 e. The highest BCUT2D eigenvalue weighted by Crippen LogP contribution is 2.18. The molecule has 2 rings (SSSR count). The molecule has 156 valence electrons. The van der Waals surface area contributed by atoms with E-state index in [0.717, 1.165) is 15.8 Å². The first-order valence-corrected chi connectivity index (χ1v) is 10.2. The molecule has 0 saturated heterocycles. The van der Waals surface area contributed by atoms with Gasteiger partial charge >= 0.3 is 0 Å². The van der Waals surface area contributed by atoms with Crippen molar-refractivity contribution in [2.24, 2.45) is 0 Å². The van der Waals surface area contributed by atoms with E-state index in [1.807, 2.05) is 50.2 Å². The number of ether oxygens (including phenoxy) is 2. The number of nitrogens with zero attached hydrogens (tertiary/aromatic N) is 1. The predicted molar refractivity (Wildman–Crippen MR) is 116 cm³/mol. The zero-order valence-electron chi connectivity index (χ0n) is 17.1. The number of rotatable bonds is 9. The molecule has 2 aromatic carbocycles. The molecule has 6 nitrogen and oxygen atoms in total. The Morgan fingerprint density at radius 1 is 1.00 bits per heavy atom. The van der Waals surface area contributed by atoms with Crippen LogP contribution in [0.15, 0.2) is 53.0 Å². The second-order valence-electron chi connectivity index (χ2n) is 6.95. The van der Waals surface area contributed by atoms with E-state index in [-0.39, 0.29) is 24.5 Å². The number of hydrogen-bond acceptors (Lipinski definition) is 4. The molecule has 0 aliphatic rings. The van der Waals surface area contributed by atoms with Gasteiger partial charge < -0.3 is 19.7 Å². The summed E-state index contributed by atoms with van der Waals surface area (Å²) in [5, 5.41) is 2.86. The highest BCUT2D eigenvalue weighted by atomic mass is 79.9. The fourth-order valence-corrected chi connectivity index (χ4v) is 2.94. The maximum atomic E-state index is 12.9. The minimum atomic E-state index is -0.638. The van der Waals surface area contributed by atoms with Crippen LogP contribution >= 0.6 is 15.9 Å². The second kappa shape index (κ2) is 10.9. The van der Waals surface area contributed by atoms with Crippen LogP contribution in [0, 0.1) is 0 Å². The van der Waals surface area contributed by atoms with Crippen LogP contribution in [-0.2, 0) is 16.1 Å². The number of hydrogen-bond donors (Lipinski definition) is 1. The summed E-state index contributed by atoms with van der Waals surface area (Å²) in [6.07, 6.45) is 0. The van der Waals surface area contributed by atoms with Crippen LogP contribution in [0.25, 0.3) is 0 Å². The average Bonchev–Trinajstić information content (AvgIpc) is 2.70. The lowest BCUT2D eigenvalue weighted by Crippen LogP contribution is -2.50. The summed E-state index contributed by atoms with van der Waals surface area (Å²) in [4.78, 5) is 27.0. The fourth-order valence-electron chi connectivity index (χ4n) is 2.67. The monoisotopic (exact) mass is 462 g/mol. The Morgan fingerprint density at radius 3 is 2.14 bits per heavy atom. The van der Waals surface area contributed by atoms with E-state index in [0.29, 0.717) is 12.3 Å². The third kappa shape index (κ3) is 7.09. The van der Waals surface area contributed by atoms with Crippen LogP contribution in [0.3, 0.4) is 0 Å². The fraction of sp³-hybridized carbons (Fsp3) is 0.364. The van der Waals surface area contributed by atoms with E-state index in [1.54, 1.807) is 26.2 Å². The van der Waals surface area contributed by atoms with Crippen LogP contribution in [0.5, 0.6) is 11.5 Å². The average molecular weight is 463 g/mol. The van der Waals surface area contributed by atoms with Gasteiger partial charge in [0, 0.05) is 17.1 Å². The van der Waals surface area contributed by atoms with E-state index in [1.165, 1.54) is 4.90 Å². The SMILES string of the molecule is COc1ccc(CN(C(=O)COc2ccc(Br)cc2)[C@@H](C)C(=O)NC(C)C)cc1. The molecule has 0 fully saturated rings. The number of nitrogens with one attached hydrogen (secondary N) is 1. The van der Waals surface area contributed by atoms with Gasteiger partial charge in [-0.05, 0) is 62.7 Å². The van der Waals surface area contributed by atoms with Crippen LogP contribution in [0.1, 0.15) is 26.3 Å². The van der Waals surface area contributed by atoms with Crippen LogP contribution < -0.4 is 14.8 Å². The number of methoxy groups -OCH3 is 1. The van der Waals surface area contributed by atoms with Crippen molar-refractivity contribution in [3.8, 4) is 11.5 Å². The molecule has 2 amide bonds. The molecule has 2 aromatic rings. The van der Waals surface area contributed by atoms with Gasteiger partial charge in [0.25, 0.3) is 5.91 Å². The van der Waals surface area contributed by atoms with Gasteiger partial charge in [-0.15, -0.1) is 0 Å². The summed E-state index contributed by atoms with van der Waals surface area (Å²) in [6, 6.07) is 14.0. The molecule has 0 bridgehead atoms. The van der Waals surface area contributed by atoms with E-state index >= 15 is 0 Å². The van der Waals surface area contributed by atoms with Gasteiger partial charge in [0.2, 0.25) is 5.91 Å². The van der Waals surface area contributed by atoms with Gasteiger partial charge in [-0.1, -0.05) is 28.1 Å². The molecule has 0 aliphatic carbocycles. The molecule has 1 atom stereocenters. The number of carbonyl (C=O) groups excluding carboxylic acids is 2. The van der Waals surface area contributed by atoms with Crippen molar-refractivity contribution in [1.82, 2.24) is 10.2 Å². The normalized spacial score (nSPS) is 11.7. The first kappa shape index (κ1) is 22.7. The van der Waals surface area contributed by atoms with Crippen molar-refractivity contribution in [1.29, 1.82) is 0 Å². The first-order valence-electron chi connectivity index (χ1n) is 9.41. The van der Waals surface area contributed by atoms with Gasteiger partial charge in [-0.25, -0.2) is 0 Å². The molecule has 0 saturated carbocycles. The Hall–Kier alpha value is -2.54. The van der Waals surface area contributed by atoms with Gasteiger partial charge in [0.05, 0.1) is 7.11 Å². The summed E-state index contributed by atoms with van der Waals surface area (Å²) in [6.45, 7) is 5.63. The minimum Gasteiger partial charge on any atom is -0.497 e. The van der Waals surface area contributed by atoms with Crippen molar-refractivity contribution in [2.75, 3.05) is 13.7 Å². The molecule has 0 radical (unpaired) electrons. The number of amides is 2. The van der Waals surface area contributed by atoms with Crippen LogP contribution in [-0.4, -0.2) is 42.5 Å². The molecule has 0 aliphatic heterocycles. The van der Waals surface area contributed by atoms with Crippen LogP contribution in [0.4, 0.5) is 0 Å². The number of carbonyl (C=O) groups is 2. The van der Waals surface area contributed by atoms with Gasteiger partial charge in [-0.3, -0.25) is 9.59 Å². The number of benzene rings is 2. The highest BCUT2D eigenvalue weighted by molar-refractivity contribution is 9.10. The van der Waals surface area contributed by atoms with Crippen molar-refractivity contribution in [3.05, 3.63) is 58.6 Å². The lowest BCUT2D eigenvalue weighted by molar-refractivity contribution is -0.142. The molecular weight excluding hydrogens is 436 g/mol. The second-order valence-corrected chi connectivity index (χ2v) is 7.87. The van der Waals surface area contributed by atoms with Crippen molar-refractivity contribution in [2.45, 2.75) is 39.4 Å². The third-order valence-electron chi connectivity index (χ3n) is 4.29. The summed E-state index contributed by atoms with van der Waals surface area (Å²) in [7, 11) is 1.60. The zero-order valence-corrected chi connectivity index (χ0v) is 18.7. The molecule has 29 heavy (non-hydrogen) atoms. The lowest BCUT2D eigenvalue weighted by Gasteiger charge is -2.29. The van der Waals surface area contributed by atoms with E-state index in [4.69, 9.17) is 9.47 Å². The molecule has 0 heterocycles. The third-order valence-corrected chi connectivity index (χ3v) is 4.81. The molecule has 0 aromatic heterocycles. The first-order chi connectivity index (χ1) is 13.8. The number of halogens is 1.